The number of anilines is 1. The fraction of sp³-hybridized carbons (Fsp3) is 0.0714. The number of carboxylic acids is 1. The van der Waals surface area contributed by atoms with Crippen molar-refractivity contribution in [2.24, 2.45) is 0 Å². The molecule has 0 saturated carbocycles. The van der Waals surface area contributed by atoms with Crippen molar-refractivity contribution in [1.29, 1.82) is 0 Å². The first kappa shape index (κ1) is 13.6. The minimum absolute atomic E-state index is 0.00648. The standard InChI is InChI=1S/C14H8BrNO5/c15-9-3-1-2-8-11(9)16(13(18)12(8)17)6-7-4-5-10(21-7)14(19)20/h1-5H,6H2,(H,19,20). The number of hydrogen-bond acceptors (Lipinski definition) is 4. The Balaban J connectivity index is 1.98. The number of fused-ring (bicyclic) bond motifs is 1. The van der Waals surface area contributed by atoms with Gasteiger partial charge in [-0.15, -0.1) is 0 Å². The van der Waals surface area contributed by atoms with Crippen LogP contribution in [0.5, 0.6) is 0 Å². The number of aromatic carboxylic acids is 1. The number of furan rings is 1. The van der Waals surface area contributed by atoms with E-state index in [9.17, 15) is 14.4 Å². The fourth-order valence-corrected chi connectivity index (χ4v) is 2.78. The zero-order chi connectivity index (χ0) is 15.1. The summed E-state index contributed by atoms with van der Waals surface area (Å²) in [6.45, 7) is -0.00648. The normalized spacial score (nSPS) is 13.7. The molecule has 0 saturated heterocycles. The van der Waals surface area contributed by atoms with Crippen LogP contribution in [0.1, 0.15) is 26.7 Å². The molecule has 3 rings (SSSR count). The largest absolute Gasteiger partial charge is 0.475 e. The van der Waals surface area contributed by atoms with Gasteiger partial charge < -0.3 is 9.52 Å². The van der Waals surface area contributed by atoms with E-state index < -0.39 is 17.7 Å². The molecule has 0 bridgehead atoms. The van der Waals surface area contributed by atoms with E-state index >= 15 is 0 Å². The lowest BCUT2D eigenvalue weighted by atomic mass is 10.1. The molecule has 106 valence electrons. The van der Waals surface area contributed by atoms with Crippen LogP contribution < -0.4 is 4.90 Å². The molecule has 0 spiro atoms. The van der Waals surface area contributed by atoms with Crippen LogP contribution >= 0.6 is 15.9 Å². The second kappa shape index (κ2) is 4.85. The quantitative estimate of drug-likeness (QED) is 0.860. The number of rotatable bonds is 3. The molecule has 1 aliphatic heterocycles. The van der Waals surface area contributed by atoms with Crippen molar-refractivity contribution in [2.75, 3.05) is 4.90 Å². The fourth-order valence-electron chi connectivity index (χ4n) is 2.20. The van der Waals surface area contributed by atoms with Crippen molar-refractivity contribution in [3.8, 4) is 0 Å². The third-order valence-corrected chi connectivity index (χ3v) is 3.77. The lowest BCUT2D eigenvalue weighted by Gasteiger charge is -2.16. The molecule has 21 heavy (non-hydrogen) atoms. The van der Waals surface area contributed by atoms with E-state index in [-0.39, 0.29) is 18.1 Å². The third-order valence-electron chi connectivity index (χ3n) is 3.13. The van der Waals surface area contributed by atoms with Crippen molar-refractivity contribution >= 4 is 39.3 Å². The average Bonchev–Trinajstić information content (AvgIpc) is 3.00. The zero-order valence-corrected chi connectivity index (χ0v) is 12.1. The number of carbonyl (C=O) groups is 3. The van der Waals surface area contributed by atoms with Crippen LogP contribution in [0.25, 0.3) is 0 Å². The first-order chi connectivity index (χ1) is 9.99. The first-order valence-electron chi connectivity index (χ1n) is 5.95. The summed E-state index contributed by atoms with van der Waals surface area (Å²) in [5.41, 5.74) is 0.792. The second-order valence-electron chi connectivity index (χ2n) is 4.43. The maximum absolute atomic E-state index is 12.1. The monoisotopic (exact) mass is 349 g/mol. The maximum Gasteiger partial charge on any atom is 0.371 e. The Hall–Kier alpha value is -2.41. The molecule has 0 aliphatic carbocycles. The van der Waals surface area contributed by atoms with E-state index in [0.717, 1.165) is 0 Å². The van der Waals surface area contributed by atoms with E-state index in [1.165, 1.54) is 17.0 Å². The van der Waals surface area contributed by atoms with Crippen molar-refractivity contribution in [3.63, 3.8) is 0 Å². The minimum Gasteiger partial charge on any atom is -0.475 e. The number of carboxylic acid groups (broad SMARTS) is 1. The highest BCUT2D eigenvalue weighted by molar-refractivity contribution is 9.10. The van der Waals surface area contributed by atoms with Gasteiger partial charge in [-0.3, -0.25) is 14.5 Å². The summed E-state index contributed by atoms with van der Waals surface area (Å²) in [5.74, 6) is -2.36. The van der Waals surface area contributed by atoms with Gasteiger partial charge in [0.25, 0.3) is 11.7 Å². The lowest BCUT2D eigenvalue weighted by Crippen LogP contribution is -2.29. The summed E-state index contributed by atoms with van der Waals surface area (Å²) in [7, 11) is 0. The van der Waals surface area contributed by atoms with Crippen LogP contribution in [-0.4, -0.2) is 22.8 Å². The molecule has 0 fully saturated rings. The molecule has 1 aromatic heterocycles. The number of amides is 1. The molecule has 0 atom stereocenters. The summed E-state index contributed by atoms with van der Waals surface area (Å²) in [6.07, 6.45) is 0. The molecule has 6 nitrogen and oxygen atoms in total. The van der Waals surface area contributed by atoms with Gasteiger partial charge in [0.15, 0.2) is 0 Å². The van der Waals surface area contributed by atoms with E-state index in [2.05, 4.69) is 15.9 Å². The number of nitrogens with zero attached hydrogens (tertiary/aromatic N) is 1. The van der Waals surface area contributed by atoms with Crippen molar-refractivity contribution in [3.05, 3.63) is 51.9 Å². The molecule has 0 radical (unpaired) electrons. The number of para-hydroxylation sites is 1. The topological polar surface area (TPSA) is 87.8 Å². The molecule has 1 N–H and O–H groups in total. The Morgan fingerprint density at radius 2 is 2.00 bits per heavy atom. The predicted octanol–water partition coefficient (Wildman–Crippen LogP) is 2.47. The third kappa shape index (κ3) is 2.15. The Morgan fingerprint density at radius 1 is 1.24 bits per heavy atom. The van der Waals surface area contributed by atoms with Crippen molar-refractivity contribution in [1.82, 2.24) is 0 Å². The maximum atomic E-state index is 12.1. The Morgan fingerprint density at radius 3 is 2.67 bits per heavy atom. The summed E-state index contributed by atoms with van der Waals surface area (Å²) < 4.78 is 5.74. The Bertz CT molecular complexity index is 779. The number of Topliss-reactive ketones (excluding diaryl/α,β-unsaturated/α-hetero) is 1. The Labute approximate surface area is 127 Å². The summed E-state index contributed by atoms with van der Waals surface area (Å²) >= 11 is 3.31. The summed E-state index contributed by atoms with van der Waals surface area (Å²) in [5, 5.41) is 8.82. The summed E-state index contributed by atoms with van der Waals surface area (Å²) in [4.78, 5) is 36.0. The molecule has 2 aromatic rings. The molecule has 0 unspecified atom stereocenters. The second-order valence-corrected chi connectivity index (χ2v) is 5.28. The highest BCUT2D eigenvalue weighted by atomic mass is 79.9. The zero-order valence-electron chi connectivity index (χ0n) is 10.5. The van der Waals surface area contributed by atoms with Gasteiger partial charge in [-0.1, -0.05) is 6.07 Å². The molecular weight excluding hydrogens is 342 g/mol. The van der Waals surface area contributed by atoms with E-state index in [0.29, 0.717) is 15.7 Å². The Kier molecular flexibility index (Phi) is 3.13. The van der Waals surface area contributed by atoms with Gasteiger partial charge in [-0.05, 0) is 40.2 Å². The van der Waals surface area contributed by atoms with Crippen LogP contribution in [-0.2, 0) is 11.3 Å². The minimum atomic E-state index is -1.19. The van der Waals surface area contributed by atoms with Gasteiger partial charge >= 0.3 is 5.97 Å². The van der Waals surface area contributed by atoms with Crippen molar-refractivity contribution in [2.45, 2.75) is 6.54 Å². The van der Waals surface area contributed by atoms with Gasteiger partial charge in [0.05, 0.1) is 17.8 Å². The van der Waals surface area contributed by atoms with Gasteiger partial charge in [-0.25, -0.2) is 4.79 Å². The van der Waals surface area contributed by atoms with Gasteiger partial charge in [0, 0.05) is 4.47 Å². The first-order valence-corrected chi connectivity index (χ1v) is 6.75. The van der Waals surface area contributed by atoms with Crippen LogP contribution in [0.2, 0.25) is 0 Å². The van der Waals surface area contributed by atoms with E-state index in [1.54, 1.807) is 18.2 Å². The number of ketones is 1. The molecule has 1 aromatic carbocycles. The van der Waals surface area contributed by atoms with Gasteiger partial charge in [-0.2, -0.15) is 0 Å². The smallest absolute Gasteiger partial charge is 0.371 e. The van der Waals surface area contributed by atoms with Crippen LogP contribution in [0, 0.1) is 0 Å². The van der Waals surface area contributed by atoms with E-state index in [4.69, 9.17) is 9.52 Å². The van der Waals surface area contributed by atoms with Crippen LogP contribution in [0.4, 0.5) is 5.69 Å². The van der Waals surface area contributed by atoms with Crippen molar-refractivity contribution < 1.29 is 23.9 Å². The highest BCUT2D eigenvalue weighted by Crippen LogP contribution is 2.36. The molecule has 7 heteroatoms. The van der Waals surface area contributed by atoms with Gasteiger partial charge in [0.1, 0.15) is 5.76 Å². The van der Waals surface area contributed by atoms with Gasteiger partial charge in [0.2, 0.25) is 5.76 Å². The molecule has 1 aliphatic rings. The number of carbonyl (C=O) groups excluding carboxylic acids is 2. The predicted molar refractivity (Wildman–Crippen MR) is 75.3 cm³/mol. The average molecular weight is 350 g/mol. The lowest BCUT2D eigenvalue weighted by molar-refractivity contribution is -0.114. The molecule has 2 heterocycles. The molecule has 1 amide bonds. The summed E-state index contributed by atoms with van der Waals surface area (Å²) in [6, 6.07) is 7.75. The van der Waals surface area contributed by atoms with Crippen LogP contribution in [0.15, 0.2) is 39.2 Å². The number of benzene rings is 1. The molecular formula is C14H8BrNO5. The highest BCUT2D eigenvalue weighted by Gasteiger charge is 2.37. The van der Waals surface area contributed by atoms with Crippen LogP contribution in [0.3, 0.4) is 0 Å². The number of halogens is 1. The van der Waals surface area contributed by atoms with E-state index in [1.807, 2.05) is 0 Å². The SMILES string of the molecule is O=C(O)c1ccc(CN2C(=O)C(=O)c3cccc(Br)c32)o1. The number of hydrogen-bond donors (Lipinski definition) is 1.